The maximum Gasteiger partial charge on any atom is 0.269 e. The van der Waals surface area contributed by atoms with E-state index in [0.717, 1.165) is 44.0 Å². The zero-order valence-electron chi connectivity index (χ0n) is 14.1. The Kier molecular flexibility index (Phi) is 5.04. The van der Waals surface area contributed by atoms with Crippen LogP contribution < -0.4 is 9.64 Å². The van der Waals surface area contributed by atoms with E-state index in [1.165, 1.54) is 7.11 Å². The van der Waals surface area contributed by atoms with Gasteiger partial charge in [0.1, 0.15) is 0 Å². The standard InChI is InChI=1S/C18H21N3O4/c1-25-18-7-2-14(12-17(18)22)13-19-8-10-20(11-9-19)15-3-5-16(6-4-15)21(23)24/h2-7,12,22H,8-11,13H2,1H3. The topological polar surface area (TPSA) is 79.1 Å². The molecule has 0 atom stereocenters. The third-order valence-electron chi connectivity index (χ3n) is 4.45. The highest BCUT2D eigenvalue weighted by Crippen LogP contribution is 2.27. The van der Waals surface area contributed by atoms with E-state index in [0.29, 0.717) is 5.75 Å². The predicted octanol–water partition coefficient (Wildman–Crippen LogP) is 2.63. The highest BCUT2D eigenvalue weighted by molar-refractivity contribution is 5.51. The van der Waals surface area contributed by atoms with Gasteiger partial charge in [0.25, 0.3) is 5.69 Å². The van der Waals surface area contributed by atoms with E-state index < -0.39 is 0 Å². The Bertz CT molecular complexity index is 740. The van der Waals surface area contributed by atoms with Gasteiger partial charge < -0.3 is 14.7 Å². The number of methoxy groups -OCH3 is 1. The molecule has 0 saturated carbocycles. The van der Waals surface area contributed by atoms with E-state index in [-0.39, 0.29) is 16.4 Å². The van der Waals surface area contributed by atoms with Gasteiger partial charge in [0.05, 0.1) is 12.0 Å². The lowest BCUT2D eigenvalue weighted by Crippen LogP contribution is -2.45. The lowest BCUT2D eigenvalue weighted by Gasteiger charge is -2.36. The molecular weight excluding hydrogens is 322 g/mol. The van der Waals surface area contributed by atoms with Crippen LogP contribution in [0.3, 0.4) is 0 Å². The average molecular weight is 343 g/mol. The van der Waals surface area contributed by atoms with Gasteiger partial charge in [-0.15, -0.1) is 0 Å². The first-order valence-corrected chi connectivity index (χ1v) is 8.14. The second kappa shape index (κ2) is 7.40. The molecule has 0 radical (unpaired) electrons. The fourth-order valence-electron chi connectivity index (χ4n) is 3.04. The summed E-state index contributed by atoms with van der Waals surface area (Å²) in [5.41, 5.74) is 2.16. The van der Waals surface area contributed by atoms with Gasteiger partial charge in [-0.1, -0.05) is 6.07 Å². The number of nitro benzene ring substituents is 1. The van der Waals surface area contributed by atoms with Crippen molar-refractivity contribution in [1.29, 1.82) is 0 Å². The molecule has 1 aliphatic heterocycles. The molecule has 1 N–H and O–H groups in total. The Morgan fingerprint density at radius 3 is 2.36 bits per heavy atom. The van der Waals surface area contributed by atoms with Gasteiger partial charge in [-0.25, -0.2) is 0 Å². The van der Waals surface area contributed by atoms with Gasteiger partial charge in [0, 0.05) is 50.5 Å². The van der Waals surface area contributed by atoms with Crippen LogP contribution in [-0.4, -0.2) is 48.2 Å². The molecule has 0 aromatic heterocycles. The second-order valence-corrected chi connectivity index (χ2v) is 6.04. The number of hydrogen-bond donors (Lipinski definition) is 1. The van der Waals surface area contributed by atoms with E-state index in [2.05, 4.69) is 9.80 Å². The molecule has 2 aromatic rings. The SMILES string of the molecule is COc1ccc(CN2CCN(c3ccc([N+](=O)[O-])cc3)CC2)cc1O. The fourth-order valence-corrected chi connectivity index (χ4v) is 3.04. The number of nitro groups is 1. The molecule has 2 aromatic carbocycles. The summed E-state index contributed by atoms with van der Waals surface area (Å²) in [4.78, 5) is 14.9. The summed E-state index contributed by atoms with van der Waals surface area (Å²) in [6, 6.07) is 12.2. The minimum Gasteiger partial charge on any atom is -0.504 e. The monoisotopic (exact) mass is 343 g/mol. The molecule has 7 heteroatoms. The van der Waals surface area contributed by atoms with E-state index in [1.807, 2.05) is 6.07 Å². The number of ether oxygens (including phenoxy) is 1. The van der Waals surface area contributed by atoms with Crippen LogP contribution in [0.4, 0.5) is 11.4 Å². The van der Waals surface area contributed by atoms with Gasteiger partial charge >= 0.3 is 0 Å². The van der Waals surface area contributed by atoms with Gasteiger partial charge in [0.2, 0.25) is 0 Å². The van der Waals surface area contributed by atoms with Crippen LogP contribution >= 0.6 is 0 Å². The highest BCUT2D eigenvalue weighted by Gasteiger charge is 2.18. The number of phenolic OH excluding ortho intramolecular Hbond substituents is 1. The molecule has 7 nitrogen and oxygen atoms in total. The van der Waals surface area contributed by atoms with Gasteiger partial charge in [-0.2, -0.15) is 0 Å². The van der Waals surface area contributed by atoms with E-state index in [4.69, 9.17) is 4.74 Å². The Hall–Kier alpha value is -2.80. The molecule has 0 unspecified atom stereocenters. The summed E-state index contributed by atoms with van der Waals surface area (Å²) in [6.45, 7) is 4.28. The van der Waals surface area contributed by atoms with Crippen LogP contribution in [0.1, 0.15) is 5.56 Å². The van der Waals surface area contributed by atoms with Crippen LogP contribution in [-0.2, 0) is 6.54 Å². The quantitative estimate of drug-likeness (QED) is 0.664. The minimum absolute atomic E-state index is 0.113. The molecular formula is C18H21N3O4. The van der Waals surface area contributed by atoms with Crippen molar-refractivity contribution < 1.29 is 14.8 Å². The Balaban J connectivity index is 1.56. The van der Waals surface area contributed by atoms with Crippen molar-refractivity contribution in [3.8, 4) is 11.5 Å². The number of phenols is 1. The lowest BCUT2D eigenvalue weighted by atomic mass is 10.1. The Morgan fingerprint density at radius 1 is 1.12 bits per heavy atom. The molecule has 1 heterocycles. The first-order valence-electron chi connectivity index (χ1n) is 8.14. The van der Waals surface area contributed by atoms with Gasteiger partial charge in [-0.05, 0) is 29.8 Å². The molecule has 1 fully saturated rings. The number of non-ortho nitro benzene ring substituents is 1. The number of benzene rings is 2. The first-order chi connectivity index (χ1) is 12.1. The summed E-state index contributed by atoms with van der Waals surface area (Å²) in [5.74, 6) is 0.635. The lowest BCUT2D eigenvalue weighted by molar-refractivity contribution is -0.384. The predicted molar refractivity (Wildman–Crippen MR) is 95.2 cm³/mol. The van der Waals surface area contributed by atoms with Gasteiger partial charge in [0.15, 0.2) is 11.5 Å². The molecule has 0 bridgehead atoms. The van der Waals surface area contributed by atoms with E-state index in [1.54, 1.807) is 36.4 Å². The molecule has 0 aliphatic carbocycles. The molecule has 132 valence electrons. The smallest absolute Gasteiger partial charge is 0.269 e. The third kappa shape index (κ3) is 4.00. The number of aromatic hydroxyl groups is 1. The van der Waals surface area contributed by atoms with Crippen molar-refractivity contribution >= 4 is 11.4 Å². The Morgan fingerprint density at radius 2 is 1.80 bits per heavy atom. The van der Waals surface area contributed by atoms with Crippen LogP contribution in [0, 0.1) is 10.1 Å². The Labute approximate surface area is 146 Å². The largest absolute Gasteiger partial charge is 0.504 e. The van der Waals surface area contributed by atoms with Crippen LogP contribution in [0.2, 0.25) is 0 Å². The summed E-state index contributed by atoms with van der Waals surface area (Å²) in [7, 11) is 1.53. The second-order valence-electron chi connectivity index (χ2n) is 6.04. The van der Waals surface area contributed by atoms with Crippen LogP contribution in [0.5, 0.6) is 11.5 Å². The average Bonchev–Trinajstić information content (AvgIpc) is 2.63. The van der Waals surface area contributed by atoms with E-state index >= 15 is 0 Å². The zero-order chi connectivity index (χ0) is 17.8. The van der Waals surface area contributed by atoms with Crippen molar-refractivity contribution in [2.45, 2.75) is 6.54 Å². The van der Waals surface area contributed by atoms with Gasteiger partial charge in [-0.3, -0.25) is 15.0 Å². The number of nitrogens with zero attached hydrogens (tertiary/aromatic N) is 3. The normalized spacial score (nSPS) is 15.2. The van der Waals surface area contributed by atoms with Crippen molar-refractivity contribution in [1.82, 2.24) is 4.90 Å². The van der Waals surface area contributed by atoms with Crippen molar-refractivity contribution in [2.24, 2.45) is 0 Å². The van der Waals surface area contributed by atoms with Crippen molar-refractivity contribution in [3.63, 3.8) is 0 Å². The summed E-state index contributed by atoms with van der Waals surface area (Å²) in [5, 5.41) is 20.6. The molecule has 1 saturated heterocycles. The minimum atomic E-state index is -0.383. The summed E-state index contributed by atoms with van der Waals surface area (Å²) < 4.78 is 5.06. The molecule has 1 aliphatic rings. The van der Waals surface area contributed by atoms with Crippen LogP contribution in [0.15, 0.2) is 42.5 Å². The highest BCUT2D eigenvalue weighted by atomic mass is 16.6. The number of hydrogen-bond acceptors (Lipinski definition) is 6. The maximum absolute atomic E-state index is 10.7. The van der Waals surface area contributed by atoms with Crippen LogP contribution in [0.25, 0.3) is 0 Å². The fraction of sp³-hybridized carbons (Fsp3) is 0.333. The first kappa shape index (κ1) is 17.0. The number of piperazine rings is 1. The summed E-state index contributed by atoms with van der Waals surface area (Å²) in [6.07, 6.45) is 0. The molecule has 0 amide bonds. The molecule has 3 rings (SSSR count). The zero-order valence-corrected chi connectivity index (χ0v) is 14.1. The molecule has 0 spiro atoms. The van der Waals surface area contributed by atoms with Crippen molar-refractivity contribution in [2.75, 3.05) is 38.2 Å². The van der Waals surface area contributed by atoms with Crippen molar-refractivity contribution in [3.05, 3.63) is 58.1 Å². The third-order valence-corrected chi connectivity index (χ3v) is 4.45. The summed E-state index contributed by atoms with van der Waals surface area (Å²) >= 11 is 0. The van der Waals surface area contributed by atoms with E-state index in [9.17, 15) is 15.2 Å². The number of rotatable bonds is 5. The molecule has 25 heavy (non-hydrogen) atoms. The maximum atomic E-state index is 10.7. The number of anilines is 1.